The molecule has 1 aromatic rings. The standard InChI is InChI=1S/C19H31N7O3/c1-12(17(21-3)14-8-16(20)18(22-4)23-9-14)13(2)24-19(27)25-15-10-26(29-11-15)6-7-28-5/h8-9,15H,6-7,10-11,20H2,1-5H3,(H,22,23)(H2,24,25,27)/b13-12+,21-17+/t15-/m1/s1. The molecule has 1 aliphatic heterocycles. The van der Waals surface area contributed by atoms with Crippen LogP contribution in [-0.4, -0.2) is 75.3 Å². The molecule has 0 radical (unpaired) electrons. The molecule has 0 aromatic carbocycles. The zero-order valence-electron chi connectivity index (χ0n) is 17.7. The fraction of sp³-hybridized carbons (Fsp3) is 0.526. The van der Waals surface area contributed by atoms with Crippen LogP contribution in [0.1, 0.15) is 19.4 Å². The molecule has 1 saturated heterocycles. The number of carbonyl (C=O) groups is 1. The summed E-state index contributed by atoms with van der Waals surface area (Å²) in [4.78, 5) is 26.6. The number of nitrogens with one attached hydrogen (secondary N) is 3. The summed E-state index contributed by atoms with van der Waals surface area (Å²) in [5, 5.41) is 10.5. The second-order valence-electron chi connectivity index (χ2n) is 6.71. The van der Waals surface area contributed by atoms with Crippen molar-refractivity contribution in [2.75, 3.05) is 58.6 Å². The Morgan fingerprint density at radius 3 is 2.86 bits per heavy atom. The maximum Gasteiger partial charge on any atom is 0.319 e. The van der Waals surface area contributed by atoms with E-state index in [1.807, 2.05) is 19.9 Å². The van der Waals surface area contributed by atoms with E-state index in [9.17, 15) is 4.79 Å². The summed E-state index contributed by atoms with van der Waals surface area (Å²) >= 11 is 0. The first-order valence-corrected chi connectivity index (χ1v) is 9.42. The Hall–Kier alpha value is -2.69. The van der Waals surface area contributed by atoms with Gasteiger partial charge in [-0.2, -0.15) is 5.06 Å². The number of amides is 2. The van der Waals surface area contributed by atoms with Crippen molar-refractivity contribution in [3.05, 3.63) is 29.1 Å². The topological polar surface area (TPSA) is 126 Å². The quantitative estimate of drug-likeness (QED) is 0.475. The van der Waals surface area contributed by atoms with Crippen LogP contribution in [0.5, 0.6) is 0 Å². The van der Waals surface area contributed by atoms with Crippen molar-refractivity contribution < 1.29 is 14.4 Å². The lowest BCUT2D eigenvalue weighted by molar-refractivity contribution is -0.118. The number of pyridine rings is 1. The molecular weight excluding hydrogens is 374 g/mol. The van der Waals surface area contributed by atoms with Gasteiger partial charge in [0.2, 0.25) is 0 Å². The van der Waals surface area contributed by atoms with Gasteiger partial charge in [0.25, 0.3) is 0 Å². The van der Waals surface area contributed by atoms with Crippen molar-refractivity contribution in [3.63, 3.8) is 0 Å². The third-order valence-corrected chi connectivity index (χ3v) is 4.63. The highest BCUT2D eigenvalue weighted by Crippen LogP contribution is 2.19. The summed E-state index contributed by atoms with van der Waals surface area (Å²) in [5.41, 5.74) is 9.54. The number of nitrogens with two attached hydrogens (primary N) is 1. The molecule has 2 heterocycles. The number of hydrogen-bond donors (Lipinski definition) is 4. The van der Waals surface area contributed by atoms with Gasteiger partial charge in [0.05, 0.1) is 30.7 Å². The Balaban J connectivity index is 2.00. The maximum atomic E-state index is 12.4. The van der Waals surface area contributed by atoms with Gasteiger partial charge < -0.3 is 26.4 Å². The number of anilines is 2. The summed E-state index contributed by atoms with van der Waals surface area (Å²) in [6.07, 6.45) is 1.70. The highest BCUT2D eigenvalue weighted by molar-refractivity contribution is 6.13. The van der Waals surface area contributed by atoms with Crippen molar-refractivity contribution >= 4 is 23.2 Å². The van der Waals surface area contributed by atoms with Crippen molar-refractivity contribution in [2.45, 2.75) is 19.9 Å². The van der Waals surface area contributed by atoms with E-state index in [2.05, 4.69) is 25.9 Å². The zero-order chi connectivity index (χ0) is 21.4. The molecular formula is C19H31N7O3. The van der Waals surface area contributed by atoms with Crippen molar-refractivity contribution in [1.29, 1.82) is 0 Å². The van der Waals surface area contributed by atoms with E-state index < -0.39 is 0 Å². The fourth-order valence-electron chi connectivity index (χ4n) is 2.98. The lowest BCUT2D eigenvalue weighted by Crippen LogP contribution is -2.44. The van der Waals surface area contributed by atoms with E-state index in [1.54, 1.807) is 32.5 Å². The monoisotopic (exact) mass is 405 g/mol. The highest BCUT2D eigenvalue weighted by Gasteiger charge is 2.25. The predicted octanol–water partition coefficient (Wildman–Crippen LogP) is 0.980. The second-order valence-corrected chi connectivity index (χ2v) is 6.71. The van der Waals surface area contributed by atoms with Crippen LogP contribution in [0.15, 0.2) is 28.5 Å². The van der Waals surface area contributed by atoms with Gasteiger partial charge in [-0.15, -0.1) is 0 Å². The molecule has 1 aliphatic rings. The third kappa shape index (κ3) is 6.14. The lowest BCUT2D eigenvalue weighted by Gasteiger charge is -2.16. The predicted molar refractivity (Wildman–Crippen MR) is 114 cm³/mol. The highest BCUT2D eigenvalue weighted by atomic mass is 16.7. The van der Waals surface area contributed by atoms with Gasteiger partial charge in [-0.05, 0) is 25.5 Å². The molecule has 1 fully saturated rings. The first-order valence-electron chi connectivity index (χ1n) is 9.42. The number of urea groups is 1. The number of allylic oxidation sites excluding steroid dienone is 2. The number of nitrogen functional groups attached to an aromatic ring is 1. The van der Waals surface area contributed by atoms with E-state index in [1.165, 1.54) is 0 Å². The zero-order valence-corrected chi connectivity index (χ0v) is 17.7. The Morgan fingerprint density at radius 1 is 1.48 bits per heavy atom. The molecule has 160 valence electrons. The number of hydrogen-bond acceptors (Lipinski definition) is 8. The normalized spacial score (nSPS) is 18.4. The smallest absolute Gasteiger partial charge is 0.319 e. The minimum absolute atomic E-state index is 0.0858. The Morgan fingerprint density at radius 2 is 2.24 bits per heavy atom. The minimum Gasteiger partial charge on any atom is -0.396 e. The van der Waals surface area contributed by atoms with Crippen LogP contribution in [0.25, 0.3) is 0 Å². The van der Waals surface area contributed by atoms with Crippen LogP contribution in [0.4, 0.5) is 16.3 Å². The number of nitrogens with zero attached hydrogens (tertiary/aromatic N) is 3. The molecule has 2 amide bonds. The van der Waals surface area contributed by atoms with Crippen LogP contribution in [-0.2, 0) is 9.57 Å². The summed E-state index contributed by atoms with van der Waals surface area (Å²) in [6, 6.07) is 1.43. The van der Waals surface area contributed by atoms with Crippen LogP contribution in [0, 0.1) is 0 Å². The average Bonchev–Trinajstić information content (AvgIpc) is 3.13. The Labute approximate surface area is 171 Å². The molecule has 0 saturated carbocycles. The van der Waals surface area contributed by atoms with E-state index in [-0.39, 0.29) is 12.1 Å². The number of aliphatic imine (C=N–C) groups is 1. The summed E-state index contributed by atoms with van der Waals surface area (Å²) in [5.74, 6) is 0.610. The Bertz CT molecular complexity index is 779. The first kappa shape index (κ1) is 22.6. The number of ether oxygens (including phenoxy) is 1. The van der Waals surface area contributed by atoms with Gasteiger partial charge in [0.1, 0.15) is 5.82 Å². The van der Waals surface area contributed by atoms with Gasteiger partial charge in [-0.1, -0.05) is 0 Å². The molecule has 10 nitrogen and oxygen atoms in total. The van der Waals surface area contributed by atoms with E-state index in [0.29, 0.717) is 49.2 Å². The molecule has 0 aliphatic carbocycles. The first-order chi connectivity index (χ1) is 13.9. The lowest BCUT2D eigenvalue weighted by atomic mass is 10.0. The third-order valence-electron chi connectivity index (χ3n) is 4.63. The number of aromatic nitrogens is 1. The second kappa shape index (κ2) is 10.7. The summed E-state index contributed by atoms with van der Waals surface area (Å²) in [7, 11) is 5.10. The molecule has 10 heteroatoms. The molecule has 0 spiro atoms. The van der Waals surface area contributed by atoms with Crippen LogP contribution < -0.4 is 21.7 Å². The molecule has 0 bridgehead atoms. The SMILES string of the molecule is C/N=C(\C(C)=C(/C)NC(=O)N[C@H]1CON(CCOC)C1)c1cnc(NC)c(N)c1. The number of hydroxylamine groups is 2. The van der Waals surface area contributed by atoms with Gasteiger partial charge in [-0.25, -0.2) is 9.78 Å². The van der Waals surface area contributed by atoms with E-state index in [0.717, 1.165) is 11.1 Å². The van der Waals surface area contributed by atoms with Gasteiger partial charge in [-0.3, -0.25) is 9.83 Å². The van der Waals surface area contributed by atoms with Crippen molar-refractivity contribution in [2.24, 2.45) is 4.99 Å². The molecule has 1 aromatic heterocycles. The number of methoxy groups -OCH3 is 1. The molecule has 2 rings (SSSR count). The number of carbonyl (C=O) groups excluding carboxylic acids is 1. The average molecular weight is 406 g/mol. The molecule has 5 N–H and O–H groups in total. The summed E-state index contributed by atoms with van der Waals surface area (Å²) in [6.45, 7) is 6.01. The molecule has 0 unspecified atom stereocenters. The van der Waals surface area contributed by atoms with E-state index >= 15 is 0 Å². The Kier molecular flexibility index (Phi) is 8.37. The van der Waals surface area contributed by atoms with Crippen LogP contribution >= 0.6 is 0 Å². The molecule has 1 atom stereocenters. The number of rotatable bonds is 8. The summed E-state index contributed by atoms with van der Waals surface area (Å²) < 4.78 is 5.03. The largest absolute Gasteiger partial charge is 0.396 e. The van der Waals surface area contributed by atoms with Gasteiger partial charge in [0, 0.05) is 51.8 Å². The van der Waals surface area contributed by atoms with Gasteiger partial charge in [0.15, 0.2) is 0 Å². The van der Waals surface area contributed by atoms with Crippen molar-refractivity contribution in [1.82, 2.24) is 20.7 Å². The maximum absolute atomic E-state index is 12.4. The van der Waals surface area contributed by atoms with E-state index in [4.69, 9.17) is 15.3 Å². The minimum atomic E-state index is -0.289. The van der Waals surface area contributed by atoms with Gasteiger partial charge >= 0.3 is 6.03 Å². The van der Waals surface area contributed by atoms with Crippen molar-refractivity contribution in [3.8, 4) is 0 Å². The fourth-order valence-corrected chi connectivity index (χ4v) is 2.98. The van der Waals surface area contributed by atoms with Crippen LogP contribution in [0.3, 0.4) is 0 Å². The molecule has 29 heavy (non-hydrogen) atoms. The van der Waals surface area contributed by atoms with Crippen LogP contribution in [0.2, 0.25) is 0 Å².